The molecule has 4 aromatic rings. The first-order valence-electron chi connectivity index (χ1n) is 11.4. The fourth-order valence-corrected chi connectivity index (χ4v) is 4.65. The first kappa shape index (κ1) is 23.8. The van der Waals surface area contributed by atoms with Crippen LogP contribution < -0.4 is 15.8 Å². The van der Waals surface area contributed by atoms with Crippen molar-refractivity contribution in [3.63, 3.8) is 0 Å². The molecule has 6 nitrogen and oxygen atoms in total. The van der Waals surface area contributed by atoms with Gasteiger partial charge in [0.05, 0.1) is 5.56 Å². The highest BCUT2D eigenvalue weighted by Crippen LogP contribution is 2.31. The molecule has 0 radical (unpaired) electrons. The quantitative estimate of drug-likeness (QED) is 0.406. The Bertz CT molecular complexity index is 1270. The van der Waals surface area contributed by atoms with Crippen molar-refractivity contribution in [2.24, 2.45) is 5.73 Å². The van der Waals surface area contributed by atoms with Crippen molar-refractivity contribution in [1.29, 1.82) is 0 Å². The normalized spacial score (nSPS) is 14.0. The SMILES string of the molecule is Cl.NC(=O)c1ccc(Cn2ccc3c(C4CCNCC4)ccnc32)cc1OCc1ccccc1. The summed E-state index contributed by atoms with van der Waals surface area (Å²) in [6, 6.07) is 19.8. The third kappa shape index (κ3) is 5.08. The van der Waals surface area contributed by atoms with Gasteiger partial charge in [-0.2, -0.15) is 0 Å². The van der Waals surface area contributed by atoms with E-state index in [1.807, 2.05) is 48.7 Å². The van der Waals surface area contributed by atoms with Crippen molar-refractivity contribution >= 4 is 29.3 Å². The Morgan fingerprint density at radius 1 is 1.06 bits per heavy atom. The molecule has 34 heavy (non-hydrogen) atoms. The molecule has 1 aliphatic heterocycles. The summed E-state index contributed by atoms with van der Waals surface area (Å²) < 4.78 is 8.15. The fraction of sp³-hybridized carbons (Fsp3) is 0.259. The monoisotopic (exact) mass is 476 g/mol. The minimum absolute atomic E-state index is 0. The van der Waals surface area contributed by atoms with E-state index in [9.17, 15) is 4.79 Å². The van der Waals surface area contributed by atoms with Crippen LogP contribution in [0.15, 0.2) is 73.1 Å². The van der Waals surface area contributed by atoms with Gasteiger partial charge in [-0.05, 0) is 72.8 Å². The van der Waals surface area contributed by atoms with Crippen LogP contribution in [0.1, 0.15) is 45.8 Å². The molecule has 1 saturated heterocycles. The second kappa shape index (κ2) is 10.7. The van der Waals surface area contributed by atoms with E-state index >= 15 is 0 Å². The van der Waals surface area contributed by atoms with Gasteiger partial charge in [0, 0.05) is 24.3 Å². The van der Waals surface area contributed by atoms with Gasteiger partial charge in [0.1, 0.15) is 18.0 Å². The van der Waals surface area contributed by atoms with E-state index in [4.69, 9.17) is 10.5 Å². The third-order valence-electron chi connectivity index (χ3n) is 6.38. The van der Waals surface area contributed by atoms with E-state index in [0.717, 1.165) is 42.7 Å². The standard InChI is InChI=1S/C27H28N4O2.ClH/c28-26(32)24-7-6-20(16-25(24)33-18-19-4-2-1-3-5-19)17-31-15-11-23-22(10-14-30-27(23)31)21-8-12-29-13-9-21;/h1-7,10-11,14-16,21,29H,8-9,12-13,17-18H2,(H2,28,32);1H. The summed E-state index contributed by atoms with van der Waals surface area (Å²) >= 11 is 0. The maximum absolute atomic E-state index is 11.9. The maximum Gasteiger partial charge on any atom is 0.252 e. The largest absolute Gasteiger partial charge is 0.488 e. The molecule has 3 heterocycles. The molecule has 1 amide bonds. The number of rotatable bonds is 7. The molecule has 0 aliphatic carbocycles. The van der Waals surface area contributed by atoms with Crippen molar-refractivity contribution < 1.29 is 9.53 Å². The average molecular weight is 477 g/mol. The Balaban J connectivity index is 0.00000274. The van der Waals surface area contributed by atoms with Crippen molar-refractivity contribution in [1.82, 2.24) is 14.9 Å². The van der Waals surface area contributed by atoms with E-state index in [1.165, 1.54) is 10.9 Å². The molecule has 3 N–H and O–H groups in total. The smallest absolute Gasteiger partial charge is 0.252 e. The van der Waals surface area contributed by atoms with Crippen LogP contribution in [0, 0.1) is 0 Å². The number of nitrogens with one attached hydrogen (secondary N) is 1. The summed E-state index contributed by atoms with van der Waals surface area (Å²) in [4.78, 5) is 16.6. The molecule has 0 atom stereocenters. The molecule has 0 spiro atoms. The van der Waals surface area contributed by atoms with Crippen LogP contribution in [0.2, 0.25) is 0 Å². The highest BCUT2D eigenvalue weighted by atomic mass is 35.5. The van der Waals surface area contributed by atoms with E-state index in [-0.39, 0.29) is 12.4 Å². The molecule has 2 aromatic carbocycles. The lowest BCUT2D eigenvalue weighted by molar-refractivity contribution is 0.0996. The number of hydrogen-bond acceptors (Lipinski definition) is 4. The van der Waals surface area contributed by atoms with Gasteiger partial charge in [-0.3, -0.25) is 4.79 Å². The molecular weight excluding hydrogens is 448 g/mol. The Morgan fingerprint density at radius 2 is 1.85 bits per heavy atom. The number of amides is 1. The molecule has 0 bridgehead atoms. The van der Waals surface area contributed by atoms with Crippen LogP contribution in [-0.4, -0.2) is 28.5 Å². The lowest BCUT2D eigenvalue weighted by Crippen LogP contribution is -2.26. The summed E-state index contributed by atoms with van der Waals surface area (Å²) in [5, 5.41) is 4.66. The number of nitrogens with zero attached hydrogens (tertiary/aromatic N) is 2. The molecule has 5 rings (SSSR count). The zero-order valence-corrected chi connectivity index (χ0v) is 19.8. The summed E-state index contributed by atoms with van der Waals surface area (Å²) in [5.41, 5.74) is 10.4. The number of primary amides is 1. The number of carbonyl (C=O) groups excluding carboxylic acids is 1. The second-order valence-corrected chi connectivity index (χ2v) is 8.57. The zero-order valence-electron chi connectivity index (χ0n) is 18.9. The minimum Gasteiger partial charge on any atom is -0.488 e. The molecule has 2 aromatic heterocycles. The van der Waals surface area contributed by atoms with E-state index < -0.39 is 5.91 Å². The van der Waals surface area contributed by atoms with Gasteiger partial charge < -0.3 is 20.4 Å². The molecular formula is C27H29ClN4O2. The molecule has 7 heteroatoms. The van der Waals surface area contributed by atoms with Gasteiger partial charge in [-0.15, -0.1) is 12.4 Å². The predicted molar refractivity (Wildman–Crippen MR) is 137 cm³/mol. The molecule has 1 aliphatic rings. The summed E-state index contributed by atoms with van der Waals surface area (Å²) in [6.45, 7) is 3.13. The lowest BCUT2D eigenvalue weighted by Gasteiger charge is -2.23. The Morgan fingerprint density at radius 3 is 2.62 bits per heavy atom. The molecule has 176 valence electrons. The van der Waals surface area contributed by atoms with Crippen LogP contribution in [0.5, 0.6) is 5.75 Å². The predicted octanol–water partition coefficient (Wildman–Crippen LogP) is 4.65. The zero-order chi connectivity index (χ0) is 22.6. The van der Waals surface area contributed by atoms with Gasteiger partial charge in [-0.25, -0.2) is 4.98 Å². The molecule has 0 unspecified atom stereocenters. The van der Waals surface area contributed by atoms with Crippen molar-refractivity contribution in [3.05, 3.63) is 95.3 Å². The van der Waals surface area contributed by atoms with Crippen molar-refractivity contribution in [3.8, 4) is 5.75 Å². The number of halogens is 1. The van der Waals surface area contributed by atoms with Gasteiger partial charge in [0.2, 0.25) is 0 Å². The van der Waals surface area contributed by atoms with Crippen molar-refractivity contribution in [2.45, 2.75) is 31.9 Å². The number of pyridine rings is 1. The van der Waals surface area contributed by atoms with Gasteiger partial charge in [0.25, 0.3) is 5.91 Å². The Labute approximate surface area is 205 Å². The average Bonchev–Trinajstić information content (AvgIpc) is 3.27. The third-order valence-corrected chi connectivity index (χ3v) is 6.38. The number of piperidine rings is 1. The molecule has 0 saturated carbocycles. The van der Waals surface area contributed by atoms with Crippen LogP contribution in [-0.2, 0) is 13.2 Å². The van der Waals surface area contributed by atoms with Gasteiger partial charge in [0.15, 0.2) is 0 Å². The number of benzene rings is 2. The number of nitrogens with two attached hydrogens (primary N) is 1. The first-order valence-corrected chi connectivity index (χ1v) is 11.4. The van der Waals surface area contributed by atoms with E-state index in [0.29, 0.717) is 30.4 Å². The van der Waals surface area contributed by atoms with E-state index in [1.54, 1.807) is 6.07 Å². The van der Waals surface area contributed by atoms with Crippen LogP contribution in [0.3, 0.4) is 0 Å². The topological polar surface area (TPSA) is 82.2 Å². The minimum atomic E-state index is -0.496. The van der Waals surface area contributed by atoms with Crippen LogP contribution in [0.4, 0.5) is 0 Å². The summed E-state index contributed by atoms with van der Waals surface area (Å²) in [7, 11) is 0. The van der Waals surface area contributed by atoms with Gasteiger partial charge >= 0.3 is 0 Å². The highest BCUT2D eigenvalue weighted by molar-refractivity contribution is 5.95. The second-order valence-electron chi connectivity index (χ2n) is 8.57. The highest BCUT2D eigenvalue weighted by Gasteiger charge is 2.19. The summed E-state index contributed by atoms with van der Waals surface area (Å²) in [5.74, 6) is 0.577. The van der Waals surface area contributed by atoms with Crippen molar-refractivity contribution in [2.75, 3.05) is 13.1 Å². The number of fused-ring (bicyclic) bond motifs is 1. The Kier molecular flexibility index (Phi) is 7.50. The van der Waals surface area contributed by atoms with E-state index in [2.05, 4.69) is 33.2 Å². The summed E-state index contributed by atoms with van der Waals surface area (Å²) in [6.07, 6.45) is 6.32. The molecule has 1 fully saturated rings. The van der Waals surface area contributed by atoms with Crippen LogP contribution in [0.25, 0.3) is 11.0 Å². The maximum atomic E-state index is 11.9. The number of hydrogen-bond donors (Lipinski definition) is 2. The number of ether oxygens (including phenoxy) is 1. The fourth-order valence-electron chi connectivity index (χ4n) is 4.65. The Hall–Kier alpha value is -3.35. The van der Waals surface area contributed by atoms with Gasteiger partial charge in [-0.1, -0.05) is 36.4 Å². The number of aromatic nitrogens is 2. The number of carbonyl (C=O) groups is 1. The van der Waals surface area contributed by atoms with Crippen LogP contribution >= 0.6 is 12.4 Å². The first-order chi connectivity index (χ1) is 16.2. The lowest BCUT2D eigenvalue weighted by atomic mass is 9.89.